The fourth-order valence-corrected chi connectivity index (χ4v) is 6.40. The molecule has 0 aliphatic rings. The molecule has 0 saturated heterocycles. The van der Waals surface area contributed by atoms with Crippen LogP contribution in [0.5, 0.6) is 0 Å². The summed E-state index contributed by atoms with van der Waals surface area (Å²) < 4.78 is 5.49. The van der Waals surface area contributed by atoms with Crippen molar-refractivity contribution in [1.29, 1.82) is 0 Å². The molecule has 260 valence electrons. The standard InChI is InChI=1S/C42H80O2/c1-34(2)18-11-20-36(5)22-13-24-38(7)26-15-27-40(9)30-17-31-42(43)44-33-32-41(10)29-16-28-39(8)25-14-23-37(6)21-12-19-35(3)4/h30,32,34-39H,11-29,31,33H2,1-10H3. The fraction of sp³-hybridized carbons (Fsp3) is 0.881. The summed E-state index contributed by atoms with van der Waals surface area (Å²) in [7, 11) is 0. The Bertz CT molecular complexity index is 670. The summed E-state index contributed by atoms with van der Waals surface area (Å²) in [4.78, 5) is 12.2. The largest absolute Gasteiger partial charge is 0.461 e. The maximum absolute atomic E-state index is 12.2. The van der Waals surface area contributed by atoms with E-state index in [0.717, 1.165) is 54.8 Å². The average molecular weight is 617 g/mol. The third kappa shape index (κ3) is 29.6. The van der Waals surface area contributed by atoms with Gasteiger partial charge in [-0.3, -0.25) is 4.79 Å². The normalized spacial score (nSPS) is 15.5. The van der Waals surface area contributed by atoms with E-state index in [4.69, 9.17) is 4.74 Å². The molecule has 0 aliphatic carbocycles. The minimum atomic E-state index is -0.0720. The van der Waals surface area contributed by atoms with Gasteiger partial charge < -0.3 is 4.74 Å². The van der Waals surface area contributed by atoms with Crippen LogP contribution in [0.1, 0.15) is 198 Å². The zero-order valence-electron chi connectivity index (χ0n) is 31.8. The second-order valence-electron chi connectivity index (χ2n) is 16.0. The Labute approximate surface area is 278 Å². The lowest BCUT2D eigenvalue weighted by Crippen LogP contribution is -2.04. The number of rotatable bonds is 29. The van der Waals surface area contributed by atoms with Crippen molar-refractivity contribution >= 4 is 5.97 Å². The summed E-state index contributed by atoms with van der Waals surface area (Å²) >= 11 is 0. The molecule has 4 atom stereocenters. The van der Waals surface area contributed by atoms with Gasteiger partial charge in [0, 0.05) is 6.42 Å². The molecule has 0 N–H and O–H groups in total. The molecule has 0 aliphatic heterocycles. The lowest BCUT2D eigenvalue weighted by atomic mass is 9.91. The van der Waals surface area contributed by atoms with E-state index in [1.165, 1.54) is 114 Å². The molecule has 0 rings (SSSR count). The highest BCUT2D eigenvalue weighted by molar-refractivity contribution is 5.69. The second-order valence-corrected chi connectivity index (χ2v) is 16.0. The van der Waals surface area contributed by atoms with Gasteiger partial charge >= 0.3 is 5.97 Å². The van der Waals surface area contributed by atoms with Gasteiger partial charge in [-0.15, -0.1) is 0 Å². The molecule has 0 aromatic heterocycles. The first kappa shape index (κ1) is 43.0. The zero-order chi connectivity index (χ0) is 33.2. The molecule has 0 heterocycles. The smallest absolute Gasteiger partial charge is 0.306 e. The fourth-order valence-electron chi connectivity index (χ4n) is 6.40. The quantitative estimate of drug-likeness (QED) is 0.0617. The monoisotopic (exact) mass is 617 g/mol. The molecule has 0 aromatic rings. The van der Waals surface area contributed by atoms with Crippen molar-refractivity contribution in [3.63, 3.8) is 0 Å². The second kappa shape index (κ2) is 28.2. The van der Waals surface area contributed by atoms with Crippen molar-refractivity contribution < 1.29 is 9.53 Å². The highest BCUT2D eigenvalue weighted by atomic mass is 16.5. The SMILES string of the molecule is CC(=CCCC(=O)OCC=C(C)CCCC(C)CCCC(C)CCCC(C)C)CCCC(C)CCCC(C)CCCC(C)C. The predicted octanol–water partition coefficient (Wildman–Crippen LogP) is 14.1. The van der Waals surface area contributed by atoms with Crippen LogP contribution in [-0.2, 0) is 9.53 Å². The number of allylic oxidation sites excluding steroid dienone is 3. The van der Waals surface area contributed by atoms with E-state index in [1.807, 2.05) is 0 Å². The molecule has 0 radical (unpaired) electrons. The van der Waals surface area contributed by atoms with Crippen LogP contribution in [0.3, 0.4) is 0 Å². The maximum atomic E-state index is 12.2. The van der Waals surface area contributed by atoms with E-state index in [2.05, 4.69) is 81.4 Å². The van der Waals surface area contributed by atoms with Gasteiger partial charge in [0.1, 0.15) is 6.61 Å². The van der Waals surface area contributed by atoms with Crippen LogP contribution in [0.25, 0.3) is 0 Å². The summed E-state index contributed by atoms with van der Waals surface area (Å²) in [6.07, 6.45) is 29.7. The number of carbonyl (C=O) groups is 1. The van der Waals surface area contributed by atoms with Gasteiger partial charge in [-0.25, -0.2) is 0 Å². The van der Waals surface area contributed by atoms with Crippen molar-refractivity contribution in [1.82, 2.24) is 0 Å². The van der Waals surface area contributed by atoms with Gasteiger partial charge in [0.05, 0.1) is 0 Å². The molecular weight excluding hydrogens is 536 g/mol. The topological polar surface area (TPSA) is 26.3 Å². The Kier molecular flexibility index (Phi) is 27.5. The molecule has 2 heteroatoms. The Hall–Kier alpha value is -1.05. The van der Waals surface area contributed by atoms with E-state index < -0.39 is 0 Å². The number of hydrogen-bond donors (Lipinski definition) is 0. The minimum absolute atomic E-state index is 0.0720. The van der Waals surface area contributed by atoms with Crippen LogP contribution in [0.2, 0.25) is 0 Å². The maximum Gasteiger partial charge on any atom is 0.306 e. The van der Waals surface area contributed by atoms with Crippen LogP contribution in [-0.4, -0.2) is 12.6 Å². The summed E-state index contributed by atoms with van der Waals surface area (Å²) in [6, 6.07) is 0. The zero-order valence-corrected chi connectivity index (χ0v) is 31.8. The van der Waals surface area contributed by atoms with Crippen LogP contribution < -0.4 is 0 Å². The van der Waals surface area contributed by atoms with Crippen LogP contribution >= 0.6 is 0 Å². The Morgan fingerprint density at radius 2 is 0.818 bits per heavy atom. The van der Waals surface area contributed by atoms with Gasteiger partial charge in [0.2, 0.25) is 0 Å². The van der Waals surface area contributed by atoms with Crippen LogP contribution in [0.4, 0.5) is 0 Å². The van der Waals surface area contributed by atoms with Crippen molar-refractivity contribution in [2.75, 3.05) is 6.61 Å². The molecule has 0 amide bonds. The summed E-state index contributed by atoms with van der Waals surface area (Å²) in [6.45, 7) is 23.9. The van der Waals surface area contributed by atoms with Crippen LogP contribution in [0.15, 0.2) is 23.3 Å². The first-order chi connectivity index (χ1) is 20.9. The van der Waals surface area contributed by atoms with Crippen molar-refractivity contribution in [2.24, 2.45) is 35.5 Å². The molecule has 0 spiro atoms. The molecule has 2 nitrogen and oxygen atoms in total. The highest BCUT2D eigenvalue weighted by Gasteiger charge is 2.09. The van der Waals surface area contributed by atoms with Gasteiger partial charge in [0.25, 0.3) is 0 Å². The number of ether oxygens (including phenoxy) is 1. The summed E-state index contributed by atoms with van der Waals surface area (Å²) in [5.41, 5.74) is 2.77. The number of carbonyl (C=O) groups excluding carboxylic acids is 1. The Morgan fingerprint density at radius 1 is 0.477 bits per heavy atom. The first-order valence-electron chi connectivity index (χ1n) is 19.4. The average Bonchev–Trinajstić information content (AvgIpc) is 2.92. The molecular formula is C42H80O2. The summed E-state index contributed by atoms with van der Waals surface area (Å²) in [5.74, 6) is 5.01. The van der Waals surface area contributed by atoms with E-state index >= 15 is 0 Å². The minimum Gasteiger partial charge on any atom is -0.461 e. The molecule has 0 fully saturated rings. The van der Waals surface area contributed by atoms with Crippen molar-refractivity contribution in [3.05, 3.63) is 23.3 Å². The van der Waals surface area contributed by atoms with E-state index in [9.17, 15) is 4.79 Å². The lowest BCUT2D eigenvalue weighted by Gasteiger charge is -2.15. The third-order valence-electron chi connectivity index (χ3n) is 9.80. The van der Waals surface area contributed by atoms with Crippen molar-refractivity contribution in [2.45, 2.75) is 198 Å². The highest BCUT2D eigenvalue weighted by Crippen LogP contribution is 2.23. The van der Waals surface area contributed by atoms with E-state index in [-0.39, 0.29) is 5.97 Å². The van der Waals surface area contributed by atoms with Gasteiger partial charge in [-0.05, 0) is 87.5 Å². The van der Waals surface area contributed by atoms with Gasteiger partial charge in [-0.1, -0.05) is 163 Å². The Morgan fingerprint density at radius 3 is 1.20 bits per heavy atom. The van der Waals surface area contributed by atoms with Gasteiger partial charge in [-0.2, -0.15) is 0 Å². The molecule has 44 heavy (non-hydrogen) atoms. The van der Waals surface area contributed by atoms with Gasteiger partial charge in [0.15, 0.2) is 0 Å². The third-order valence-corrected chi connectivity index (χ3v) is 9.80. The number of esters is 1. The first-order valence-corrected chi connectivity index (χ1v) is 19.4. The molecule has 0 saturated carbocycles. The van der Waals surface area contributed by atoms with Crippen molar-refractivity contribution in [3.8, 4) is 0 Å². The molecule has 0 aromatic carbocycles. The molecule has 0 bridgehead atoms. The lowest BCUT2D eigenvalue weighted by molar-refractivity contribution is -0.142. The number of hydrogen-bond acceptors (Lipinski definition) is 2. The van der Waals surface area contributed by atoms with E-state index in [0.29, 0.717) is 13.0 Å². The summed E-state index contributed by atoms with van der Waals surface area (Å²) in [5, 5.41) is 0. The molecule has 4 unspecified atom stereocenters. The van der Waals surface area contributed by atoms with Crippen LogP contribution in [0, 0.1) is 35.5 Å². The van der Waals surface area contributed by atoms with E-state index in [1.54, 1.807) is 0 Å². The predicted molar refractivity (Wildman–Crippen MR) is 197 cm³/mol. The Balaban J connectivity index is 3.86.